The second kappa shape index (κ2) is 7.43. The van der Waals surface area contributed by atoms with Gasteiger partial charge in [-0.3, -0.25) is 9.78 Å². The van der Waals surface area contributed by atoms with E-state index < -0.39 is 0 Å². The van der Waals surface area contributed by atoms with Gasteiger partial charge in [0, 0.05) is 44.0 Å². The molecule has 0 atom stereocenters. The lowest BCUT2D eigenvalue weighted by Crippen LogP contribution is -2.29. The molecule has 1 aromatic heterocycles. The summed E-state index contributed by atoms with van der Waals surface area (Å²) in [7, 11) is 1.83. The minimum absolute atomic E-state index is 0.134. The summed E-state index contributed by atoms with van der Waals surface area (Å²) in [5.41, 5.74) is 8.67. The number of amides is 1. The highest BCUT2D eigenvalue weighted by atomic mass is 16.2. The average molecular weight is 283 g/mol. The van der Waals surface area contributed by atoms with Crippen LogP contribution in [0.2, 0.25) is 0 Å². The zero-order valence-electron chi connectivity index (χ0n) is 12.3. The summed E-state index contributed by atoms with van der Waals surface area (Å²) < 4.78 is 0. The van der Waals surface area contributed by atoms with Gasteiger partial charge in [-0.1, -0.05) is 24.3 Å². The Morgan fingerprint density at radius 3 is 2.62 bits per heavy atom. The monoisotopic (exact) mass is 283 g/mol. The summed E-state index contributed by atoms with van der Waals surface area (Å²) in [6, 6.07) is 13.5. The highest BCUT2D eigenvalue weighted by Gasteiger charge is 2.10. The SMILES string of the molecule is CN(CCc1ccccn1)C(=O)CCc1ccccc1N. The Bertz CT molecular complexity index is 584. The molecule has 0 spiro atoms. The smallest absolute Gasteiger partial charge is 0.222 e. The summed E-state index contributed by atoms with van der Waals surface area (Å²) in [5, 5.41) is 0. The standard InChI is InChI=1S/C17H21N3O/c1-20(13-11-15-7-4-5-12-19-15)17(21)10-9-14-6-2-3-8-16(14)18/h2-8,12H,9-11,13,18H2,1H3. The number of aromatic nitrogens is 1. The van der Waals surface area contributed by atoms with Crippen molar-refractivity contribution in [1.82, 2.24) is 9.88 Å². The maximum atomic E-state index is 12.1. The van der Waals surface area contributed by atoms with Crippen molar-refractivity contribution < 1.29 is 4.79 Å². The van der Waals surface area contributed by atoms with Crippen LogP contribution in [0.5, 0.6) is 0 Å². The van der Waals surface area contributed by atoms with E-state index in [0.29, 0.717) is 19.4 Å². The number of nitrogen functional groups attached to an aromatic ring is 1. The fourth-order valence-electron chi connectivity index (χ4n) is 2.15. The van der Waals surface area contributed by atoms with Gasteiger partial charge in [-0.25, -0.2) is 0 Å². The number of hydrogen-bond donors (Lipinski definition) is 1. The number of aryl methyl sites for hydroxylation is 1. The van der Waals surface area contributed by atoms with Crippen LogP contribution in [0, 0.1) is 0 Å². The van der Waals surface area contributed by atoms with Crippen LogP contribution >= 0.6 is 0 Å². The Labute approximate surface area is 125 Å². The number of nitrogens with two attached hydrogens (primary N) is 1. The van der Waals surface area contributed by atoms with Gasteiger partial charge in [-0.15, -0.1) is 0 Å². The molecule has 0 aliphatic carbocycles. The first kappa shape index (κ1) is 15.0. The normalized spacial score (nSPS) is 10.3. The van der Waals surface area contributed by atoms with E-state index in [1.807, 2.05) is 49.5 Å². The van der Waals surface area contributed by atoms with Gasteiger partial charge in [-0.2, -0.15) is 0 Å². The molecule has 2 aromatic rings. The van der Waals surface area contributed by atoms with Crippen LogP contribution in [-0.2, 0) is 17.6 Å². The molecule has 0 saturated carbocycles. The van der Waals surface area contributed by atoms with Crippen molar-refractivity contribution in [1.29, 1.82) is 0 Å². The van der Waals surface area contributed by atoms with Gasteiger partial charge in [-0.05, 0) is 30.2 Å². The maximum Gasteiger partial charge on any atom is 0.222 e. The predicted molar refractivity (Wildman–Crippen MR) is 84.8 cm³/mol. The minimum atomic E-state index is 0.134. The first-order chi connectivity index (χ1) is 10.2. The summed E-state index contributed by atoms with van der Waals surface area (Å²) in [6.07, 6.45) is 3.71. The molecule has 110 valence electrons. The number of anilines is 1. The number of benzene rings is 1. The quantitative estimate of drug-likeness (QED) is 0.828. The fourth-order valence-corrected chi connectivity index (χ4v) is 2.15. The van der Waals surface area contributed by atoms with Crippen molar-refractivity contribution >= 4 is 11.6 Å². The van der Waals surface area contributed by atoms with Gasteiger partial charge in [0.2, 0.25) is 5.91 Å². The molecular weight excluding hydrogens is 262 g/mol. The fraction of sp³-hybridized carbons (Fsp3) is 0.294. The molecule has 0 fully saturated rings. The number of carbonyl (C=O) groups excluding carboxylic acids is 1. The molecule has 1 aromatic carbocycles. The Balaban J connectivity index is 1.79. The first-order valence-electron chi connectivity index (χ1n) is 7.14. The Kier molecular flexibility index (Phi) is 5.32. The van der Waals surface area contributed by atoms with E-state index in [1.54, 1.807) is 11.1 Å². The van der Waals surface area contributed by atoms with Crippen molar-refractivity contribution in [2.45, 2.75) is 19.3 Å². The van der Waals surface area contributed by atoms with Gasteiger partial charge in [0.1, 0.15) is 0 Å². The van der Waals surface area contributed by atoms with Crippen LogP contribution < -0.4 is 5.73 Å². The number of likely N-dealkylation sites (N-methyl/N-ethyl adjacent to an activating group) is 1. The maximum absolute atomic E-state index is 12.1. The molecule has 4 heteroatoms. The van der Waals surface area contributed by atoms with Crippen molar-refractivity contribution in [2.24, 2.45) is 0 Å². The summed E-state index contributed by atoms with van der Waals surface area (Å²) in [5.74, 6) is 0.134. The lowest BCUT2D eigenvalue weighted by molar-refractivity contribution is -0.129. The third kappa shape index (κ3) is 4.60. The van der Waals surface area contributed by atoms with Crippen molar-refractivity contribution in [3.05, 3.63) is 59.9 Å². The lowest BCUT2D eigenvalue weighted by atomic mass is 10.1. The van der Waals surface area contributed by atoms with Gasteiger partial charge >= 0.3 is 0 Å². The van der Waals surface area contributed by atoms with E-state index >= 15 is 0 Å². The second-order valence-corrected chi connectivity index (χ2v) is 5.09. The molecule has 0 aliphatic rings. The number of pyridine rings is 1. The second-order valence-electron chi connectivity index (χ2n) is 5.09. The largest absolute Gasteiger partial charge is 0.399 e. The zero-order chi connectivity index (χ0) is 15.1. The number of rotatable bonds is 6. The molecule has 0 saturated heterocycles. The van der Waals surface area contributed by atoms with Crippen LogP contribution in [0.4, 0.5) is 5.69 Å². The van der Waals surface area contributed by atoms with Crippen LogP contribution in [0.15, 0.2) is 48.7 Å². The van der Waals surface area contributed by atoms with Crippen LogP contribution in [-0.4, -0.2) is 29.4 Å². The molecule has 21 heavy (non-hydrogen) atoms. The number of hydrogen-bond acceptors (Lipinski definition) is 3. The van der Waals surface area contributed by atoms with Crippen LogP contribution in [0.25, 0.3) is 0 Å². The molecule has 0 unspecified atom stereocenters. The zero-order valence-corrected chi connectivity index (χ0v) is 12.3. The van der Waals surface area contributed by atoms with E-state index in [1.165, 1.54) is 0 Å². The van der Waals surface area contributed by atoms with E-state index in [-0.39, 0.29) is 5.91 Å². The van der Waals surface area contributed by atoms with Gasteiger partial charge < -0.3 is 10.6 Å². The predicted octanol–water partition coefficient (Wildman–Crippen LogP) is 2.30. The van der Waals surface area contributed by atoms with Crippen molar-refractivity contribution in [3.63, 3.8) is 0 Å². The van der Waals surface area contributed by atoms with E-state index in [9.17, 15) is 4.79 Å². The third-order valence-electron chi connectivity index (χ3n) is 3.52. The highest BCUT2D eigenvalue weighted by molar-refractivity contribution is 5.76. The van der Waals surface area contributed by atoms with E-state index in [4.69, 9.17) is 5.73 Å². The van der Waals surface area contributed by atoms with E-state index in [0.717, 1.165) is 23.4 Å². The summed E-state index contributed by atoms with van der Waals surface area (Å²) in [6.45, 7) is 0.681. The molecular formula is C17H21N3O. The summed E-state index contributed by atoms with van der Waals surface area (Å²) >= 11 is 0. The summed E-state index contributed by atoms with van der Waals surface area (Å²) in [4.78, 5) is 18.1. The van der Waals surface area contributed by atoms with Gasteiger partial charge in [0.25, 0.3) is 0 Å². The lowest BCUT2D eigenvalue weighted by Gasteiger charge is -2.17. The number of carbonyl (C=O) groups is 1. The van der Waals surface area contributed by atoms with Crippen LogP contribution in [0.1, 0.15) is 17.7 Å². The highest BCUT2D eigenvalue weighted by Crippen LogP contribution is 2.13. The van der Waals surface area contributed by atoms with Crippen molar-refractivity contribution in [3.8, 4) is 0 Å². The topological polar surface area (TPSA) is 59.2 Å². The van der Waals surface area contributed by atoms with E-state index in [2.05, 4.69) is 4.98 Å². The molecule has 0 aliphatic heterocycles. The third-order valence-corrected chi connectivity index (χ3v) is 3.52. The first-order valence-corrected chi connectivity index (χ1v) is 7.14. The number of para-hydroxylation sites is 1. The van der Waals surface area contributed by atoms with Gasteiger partial charge in [0.05, 0.1) is 0 Å². The molecule has 0 radical (unpaired) electrons. The van der Waals surface area contributed by atoms with Gasteiger partial charge in [0.15, 0.2) is 0 Å². The molecule has 2 rings (SSSR count). The molecule has 1 amide bonds. The number of nitrogens with zero attached hydrogens (tertiary/aromatic N) is 2. The molecule has 2 N–H and O–H groups in total. The van der Waals surface area contributed by atoms with Crippen LogP contribution in [0.3, 0.4) is 0 Å². The Hall–Kier alpha value is -2.36. The Morgan fingerprint density at radius 1 is 1.14 bits per heavy atom. The molecule has 4 nitrogen and oxygen atoms in total. The molecule has 0 bridgehead atoms. The minimum Gasteiger partial charge on any atom is -0.399 e. The molecule has 1 heterocycles. The van der Waals surface area contributed by atoms with Crippen molar-refractivity contribution in [2.75, 3.05) is 19.3 Å². The Morgan fingerprint density at radius 2 is 1.90 bits per heavy atom. The average Bonchev–Trinajstić information content (AvgIpc) is 2.52.